The second kappa shape index (κ2) is 12.3. The fourth-order valence-corrected chi connectivity index (χ4v) is 2.94. The van der Waals surface area contributed by atoms with Gasteiger partial charge < -0.3 is 10.1 Å². The van der Waals surface area contributed by atoms with Gasteiger partial charge in [-0.2, -0.15) is 0 Å². The Balaban J connectivity index is 1.63. The van der Waals surface area contributed by atoms with Crippen molar-refractivity contribution in [2.75, 3.05) is 11.9 Å². The predicted octanol–water partition coefficient (Wildman–Crippen LogP) is 2.60. The number of ether oxygens (including phenoxy) is 1. The molecule has 0 fully saturated rings. The molecular formula is C20H22N4O4S2. The van der Waals surface area contributed by atoms with Crippen LogP contribution in [0.3, 0.4) is 0 Å². The maximum Gasteiger partial charge on any atom is 0.250 e. The average molecular weight is 447 g/mol. The average Bonchev–Trinajstić information content (AvgIpc) is 3.24. The molecule has 4 N–H and O–H groups in total. The van der Waals surface area contributed by atoms with Gasteiger partial charge in [0.2, 0.25) is 17.7 Å². The molecule has 0 radical (unpaired) electrons. The molecule has 0 saturated carbocycles. The van der Waals surface area contributed by atoms with Gasteiger partial charge in [-0.25, -0.2) is 0 Å². The first-order chi connectivity index (χ1) is 14.5. The van der Waals surface area contributed by atoms with Crippen molar-refractivity contribution in [3.05, 3.63) is 52.7 Å². The van der Waals surface area contributed by atoms with E-state index in [2.05, 4.69) is 21.5 Å². The number of hydrogen-bond donors (Lipinski definition) is 4. The Bertz CT molecular complexity index is 896. The minimum atomic E-state index is -0.442. The lowest BCUT2D eigenvalue weighted by Crippen LogP contribution is -2.48. The minimum Gasteiger partial charge on any atom is -0.494 e. The van der Waals surface area contributed by atoms with Crippen molar-refractivity contribution in [3.63, 3.8) is 0 Å². The van der Waals surface area contributed by atoms with Gasteiger partial charge in [0, 0.05) is 29.5 Å². The van der Waals surface area contributed by atoms with Gasteiger partial charge in [0.1, 0.15) is 5.75 Å². The van der Waals surface area contributed by atoms with E-state index in [1.165, 1.54) is 17.4 Å². The molecule has 30 heavy (non-hydrogen) atoms. The molecular weight excluding hydrogens is 424 g/mol. The third-order valence-corrected chi connectivity index (χ3v) is 4.56. The minimum absolute atomic E-state index is 0.0105. The van der Waals surface area contributed by atoms with Gasteiger partial charge in [-0.1, -0.05) is 6.07 Å². The van der Waals surface area contributed by atoms with Crippen LogP contribution in [0.4, 0.5) is 5.69 Å². The molecule has 1 aromatic heterocycles. The van der Waals surface area contributed by atoms with Crippen LogP contribution in [-0.2, 0) is 14.4 Å². The van der Waals surface area contributed by atoms with E-state index in [-0.39, 0.29) is 23.9 Å². The Morgan fingerprint density at radius 2 is 1.80 bits per heavy atom. The van der Waals surface area contributed by atoms with Crippen LogP contribution in [-0.4, -0.2) is 29.4 Å². The molecule has 158 valence electrons. The molecule has 0 bridgehead atoms. The van der Waals surface area contributed by atoms with E-state index in [0.717, 1.165) is 4.88 Å². The normalized spacial score (nSPS) is 10.3. The van der Waals surface area contributed by atoms with Crippen LogP contribution in [0.2, 0.25) is 0 Å². The zero-order valence-corrected chi connectivity index (χ0v) is 17.9. The Morgan fingerprint density at radius 1 is 1.07 bits per heavy atom. The van der Waals surface area contributed by atoms with E-state index in [9.17, 15) is 14.4 Å². The predicted molar refractivity (Wildman–Crippen MR) is 121 cm³/mol. The van der Waals surface area contributed by atoms with Gasteiger partial charge >= 0.3 is 0 Å². The summed E-state index contributed by atoms with van der Waals surface area (Å²) in [6.45, 7) is 2.45. The van der Waals surface area contributed by atoms with Gasteiger partial charge in [-0.05, 0) is 60.9 Å². The van der Waals surface area contributed by atoms with Crippen LogP contribution in [0.15, 0.2) is 47.9 Å². The van der Waals surface area contributed by atoms with Crippen molar-refractivity contribution in [2.45, 2.75) is 19.8 Å². The zero-order chi connectivity index (χ0) is 21.8. The molecule has 0 aliphatic carbocycles. The van der Waals surface area contributed by atoms with Gasteiger partial charge in [0.25, 0.3) is 0 Å². The molecule has 8 nitrogen and oxygen atoms in total. The number of carbonyl (C=O) groups excluding carboxylic acids is 3. The standard InChI is InChI=1S/C20H22N4O4S2/c1-2-28-15-7-5-14(6-8-15)21-17(25)11-12-19(27)23-24-20(29)22-18(26)10-9-16-4-3-13-30-16/h3-10,13H,2,11-12H2,1H3,(H,21,25)(H,23,27)(H2,22,24,26,29)/b10-9+. The third-order valence-electron chi connectivity index (χ3n) is 3.52. The molecule has 0 saturated heterocycles. The first-order valence-corrected chi connectivity index (χ1v) is 10.4. The number of benzene rings is 1. The first-order valence-electron chi connectivity index (χ1n) is 9.10. The van der Waals surface area contributed by atoms with Crippen molar-refractivity contribution in [1.29, 1.82) is 0 Å². The molecule has 0 aliphatic heterocycles. The summed E-state index contributed by atoms with van der Waals surface area (Å²) in [6.07, 6.45) is 2.94. The van der Waals surface area contributed by atoms with Crippen LogP contribution in [0.1, 0.15) is 24.6 Å². The Kier molecular flexibility index (Phi) is 9.49. The van der Waals surface area contributed by atoms with Crippen LogP contribution in [0, 0.1) is 0 Å². The maximum absolute atomic E-state index is 11.9. The van der Waals surface area contributed by atoms with Gasteiger partial charge in [-0.15, -0.1) is 11.3 Å². The molecule has 2 rings (SSSR count). The highest BCUT2D eigenvalue weighted by Crippen LogP contribution is 2.15. The number of nitrogens with one attached hydrogen (secondary N) is 4. The van der Waals surface area contributed by atoms with Crippen LogP contribution in [0.25, 0.3) is 6.08 Å². The SMILES string of the molecule is CCOc1ccc(NC(=O)CCC(=O)NNC(=S)NC(=O)/C=C/c2cccs2)cc1. The van der Waals surface area contributed by atoms with E-state index in [1.807, 2.05) is 24.4 Å². The topological polar surface area (TPSA) is 109 Å². The summed E-state index contributed by atoms with van der Waals surface area (Å²) in [5, 5.41) is 6.95. The van der Waals surface area contributed by atoms with E-state index in [0.29, 0.717) is 18.0 Å². The van der Waals surface area contributed by atoms with Crippen LogP contribution < -0.4 is 26.2 Å². The molecule has 2 aromatic rings. The molecule has 10 heteroatoms. The summed E-state index contributed by atoms with van der Waals surface area (Å²) >= 11 is 6.43. The van der Waals surface area contributed by atoms with Crippen molar-refractivity contribution >= 4 is 58.2 Å². The van der Waals surface area contributed by atoms with E-state index < -0.39 is 11.8 Å². The highest BCUT2D eigenvalue weighted by atomic mass is 32.1. The summed E-state index contributed by atoms with van der Waals surface area (Å²) in [6, 6.07) is 10.7. The summed E-state index contributed by atoms with van der Waals surface area (Å²) in [5.74, 6) is -0.456. The summed E-state index contributed by atoms with van der Waals surface area (Å²) in [5.41, 5.74) is 5.37. The van der Waals surface area contributed by atoms with Crippen molar-refractivity contribution in [3.8, 4) is 5.75 Å². The zero-order valence-electron chi connectivity index (χ0n) is 16.3. The Morgan fingerprint density at radius 3 is 2.47 bits per heavy atom. The fourth-order valence-electron chi connectivity index (χ4n) is 2.17. The number of hydrogen-bond acceptors (Lipinski definition) is 6. The summed E-state index contributed by atoms with van der Waals surface area (Å²) in [7, 11) is 0. The van der Waals surface area contributed by atoms with Crippen LogP contribution in [0.5, 0.6) is 5.75 Å². The van der Waals surface area contributed by atoms with E-state index in [1.54, 1.807) is 30.3 Å². The van der Waals surface area contributed by atoms with E-state index >= 15 is 0 Å². The fraction of sp³-hybridized carbons (Fsp3) is 0.200. The number of hydrazine groups is 1. The first kappa shape index (κ1) is 23.0. The summed E-state index contributed by atoms with van der Waals surface area (Å²) in [4.78, 5) is 36.5. The molecule has 0 spiro atoms. The van der Waals surface area contributed by atoms with Crippen molar-refractivity contribution in [1.82, 2.24) is 16.2 Å². The highest BCUT2D eigenvalue weighted by molar-refractivity contribution is 7.80. The second-order valence-corrected chi connectivity index (χ2v) is 7.23. The lowest BCUT2D eigenvalue weighted by atomic mass is 10.2. The smallest absolute Gasteiger partial charge is 0.250 e. The van der Waals surface area contributed by atoms with Gasteiger partial charge in [0.15, 0.2) is 5.11 Å². The van der Waals surface area contributed by atoms with Crippen LogP contribution >= 0.6 is 23.6 Å². The number of rotatable bonds is 8. The van der Waals surface area contributed by atoms with E-state index in [4.69, 9.17) is 17.0 Å². The summed E-state index contributed by atoms with van der Waals surface area (Å²) < 4.78 is 5.33. The van der Waals surface area contributed by atoms with Gasteiger partial charge in [0.05, 0.1) is 6.61 Å². The van der Waals surface area contributed by atoms with Crippen molar-refractivity contribution in [2.24, 2.45) is 0 Å². The number of carbonyl (C=O) groups is 3. The molecule has 0 aliphatic rings. The lowest BCUT2D eigenvalue weighted by molar-refractivity contribution is -0.124. The molecule has 1 heterocycles. The number of thiophene rings is 1. The number of amides is 3. The number of anilines is 1. The Labute approximate surface area is 183 Å². The quantitative estimate of drug-likeness (QED) is 0.282. The molecule has 0 atom stereocenters. The van der Waals surface area contributed by atoms with Gasteiger partial charge in [-0.3, -0.25) is 30.6 Å². The third kappa shape index (κ3) is 8.84. The molecule has 1 aromatic carbocycles. The molecule has 3 amide bonds. The number of thiocarbonyl (C=S) groups is 1. The Hall–Kier alpha value is -3.24. The largest absolute Gasteiger partial charge is 0.494 e. The maximum atomic E-state index is 11.9. The molecule has 0 unspecified atom stereocenters. The highest BCUT2D eigenvalue weighted by Gasteiger charge is 2.08. The van der Waals surface area contributed by atoms with Crippen molar-refractivity contribution < 1.29 is 19.1 Å². The second-order valence-electron chi connectivity index (χ2n) is 5.85. The monoisotopic (exact) mass is 446 g/mol. The lowest BCUT2D eigenvalue weighted by Gasteiger charge is -2.10.